The summed E-state index contributed by atoms with van der Waals surface area (Å²) in [7, 11) is 0. The van der Waals surface area contributed by atoms with Crippen molar-refractivity contribution in [1.82, 2.24) is 19.9 Å². The molecule has 2 rings (SSSR count). The molecule has 0 spiro atoms. The summed E-state index contributed by atoms with van der Waals surface area (Å²) in [5, 5.41) is 11.3. The number of carbonyl (C=O) groups is 1. The van der Waals surface area contributed by atoms with Crippen molar-refractivity contribution in [2.24, 2.45) is 0 Å². The fourth-order valence-corrected chi connectivity index (χ4v) is 1.21. The van der Waals surface area contributed by atoms with Gasteiger partial charge in [-0.05, 0) is 0 Å². The van der Waals surface area contributed by atoms with Gasteiger partial charge < -0.3 is 15.4 Å². The molecule has 16 heavy (non-hydrogen) atoms. The lowest BCUT2D eigenvalue weighted by Crippen LogP contribution is -2.02. The van der Waals surface area contributed by atoms with Crippen LogP contribution < -0.4 is 5.32 Å². The largest absolute Gasteiger partial charge is 0.478 e. The summed E-state index contributed by atoms with van der Waals surface area (Å²) in [5.41, 5.74) is 1.27. The summed E-state index contributed by atoms with van der Waals surface area (Å²) in [5.74, 6) is -0.381. The molecular formula is C9H9N5O2. The van der Waals surface area contributed by atoms with Gasteiger partial charge in [-0.25, -0.2) is 19.7 Å². The summed E-state index contributed by atoms with van der Waals surface area (Å²) in [4.78, 5) is 25.1. The molecule has 0 fully saturated rings. The minimum Gasteiger partial charge on any atom is -0.478 e. The SMILES string of the molecule is O=C(O)C=CCNc1ncnc2nc[nH]c12. The van der Waals surface area contributed by atoms with E-state index >= 15 is 0 Å². The highest BCUT2D eigenvalue weighted by Crippen LogP contribution is 2.13. The van der Waals surface area contributed by atoms with Crippen LogP contribution >= 0.6 is 0 Å². The maximum Gasteiger partial charge on any atom is 0.328 e. The Morgan fingerprint density at radius 1 is 1.50 bits per heavy atom. The molecule has 0 aliphatic carbocycles. The standard InChI is InChI=1S/C9H9N5O2/c15-6(16)2-1-3-10-8-7-9(12-4-11-7)14-5-13-8/h1-2,4-5H,3H2,(H,15,16)(H2,10,11,12,13,14). The number of hydrogen-bond acceptors (Lipinski definition) is 5. The Morgan fingerprint density at radius 2 is 2.38 bits per heavy atom. The molecule has 2 aromatic rings. The van der Waals surface area contributed by atoms with Crippen LogP contribution in [-0.4, -0.2) is 37.6 Å². The van der Waals surface area contributed by atoms with Crippen LogP contribution in [0.5, 0.6) is 0 Å². The van der Waals surface area contributed by atoms with Crippen molar-refractivity contribution in [2.75, 3.05) is 11.9 Å². The third-order valence-corrected chi connectivity index (χ3v) is 1.87. The molecule has 2 heterocycles. The summed E-state index contributed by atoms with van der Waals surface area (Å²) < 4.78 is 0. The molecule has 0 aliphatic rings. The van der Waals surface area contributed by atoms with Crippen LogP contribution in [-0.2, 0) is 4.79 Å². The fourth-order valence-electron chi connectivity index (χ4n) is 1.21. The summed E-state index contributed by atoms with van der Waals surface area (Å²) in [6.45, 7) is 0.372. The Kier molecular flexibility index (Phi) is 2.77. The zero-order valence-electron chi connectivity index (χ0n) is 8.21. The molecular weight excluding hydrogens is 210 g/mol. The van der Waals surface area contributed by atoms with Crippen LogP contribution in [0.3, 0.4) is 0 Å². The van der Waals surface area contributed by atoms with E-state index in [1.807, 2.05) is 0 Å². The number of aromatic nitrogens is 4. The lowest BCUT2D eigenvalue weighted by molar-refractivity contribution is -0.131. The molecule has 0 saturated heterocycles. The molecule has 0 saturated carbocycles. The first kappa shape index (κ1) is 10.1. The van der Waals surface area contributed by atoms with Gasteiger partial charge in [0.05, 0.1) is 6.33 Å². The lowest BCUT2D eigenvalue weighted by Gasteiger charge is -2.01. The summed E-state index contributed by atoms with van der Waals surface area (Å²) in [6, 6.07) is 0. The van der Waals surface area contributed by atoms with E-state index in [0.717, 1.165) is 6.08 Å². The van der Waals surface area contributed by atoms with Gasteiger partial charge >= 0.3 is 5.97 Å². The van der Waals surface area contributed by atoms with Crippen molar-refractivity contribution in [2.45, 2.75) is 0 Å². The molecule has 0 atom stereocenters. The first-order valence-corrected chi connectivity index (χ1v) is 4.55. The first-order valence-electron chi connectivity index (χ1n) is 4.55. The van der Waals surface area contributed by atoms with Gasteiger partial charge in [0, 0.05) is 12.6 Å². The number of hydrogen-bond donors (Lipinski definition) is 3. The number of carboxylic acid groups (broad SMARTS) is 1. The van der Waals surface area contributed by atoms with Gasteiger partial charge in [0.25, 0.3) is 0 Å². The maximum absolute atomic E-state index is 10.2. The van der Waals surface area contributed by atoms with Crippen molar-refractivity contribution in [3.8, 4) is 0 Å². The Bertz CT molecular complexity index is 533. The number of aromatic amines is 1. The zero-order valence-corrected chi connectivity index (χ0v) is 8.21. The van der Waals surface area contributed by atoms with E-state index in [1.54, 1.807) is 0 Å². The second kappa shape index (κ2) is 4.39. The first-order chi connectivity index (χ1) is 7.77. The third kappa shape index (κ3) is 2.14. The van der Waals surface area contributed by atoms with Gasteiger partial charge in [-0.1, -0.05) is 6.08 Å². The lowest BCUT2D eigenvalue weighted by atomic mass is 10.4. The molecule has 3 N–H and O–H groups in total. The van der Waals surface area contributed by atoms with Gasteiger partial charge in [-0.3, -0.25) is 0 Å². The van der Waals surface area contributed by atoms with Crippen LogP contribution in [0.2, 0.25) is 0 Å². The van der Waals surface area contributed by atoms with E-state index in [2.05, 4.69) is 25.3 Å². The molecule has 7 heteroatoms. The van der Waals surface area contributed by atoms with Crippen molar-refractivity contribution >= 4 is 23.0 Å². The number of fused-ring (bicyclic) bond motifs is 1. The number of rotatable bonds is 4. The molecule has 0 radical (unpaired) electrons. The van der Waals surface area contributed by atoms with E-state index in [0.29, 0.717) is 23.5 Å². The predicted molar refractivity (Wildman–Crippen MR) is 56.9 cm³/mol. The molecule has 0 amide bonds. The minimum absolute atomic E-state index is 0.372. The van der Waals surface area contributed by atoms with Crippen molar-refractivity contribution in [3.05, 3.63) is 24.8 Å². The maximum atomic E-state index is 10.2. The van der Waals surface area contributed by atoms with E-state index < -0.39 is 5.97 Å². The topological polar surface area (TPSA) is 104 Å². The van der Waals surface area contributed by atoms with Crippen molar-refractivity contribution in [1.29, 1.82) is 0 Å². The number of aliphatic carboxylic acids is 1. The van der Waals surface area contributed by atoms with Gasteiger partial charge in [-0.2, -0.15) is 0 Å². The monoisotopic (exact) mass is 219 g/mol. The summed E-state index contributed by atoms with van der Waals surface area (Å²) in [6.07, 6.45) is 5.48. The van der Waals surface area contributed by atoms with Gasteiger partial charge in [0.2, 0.25) is 0 Å². The second-order valence-electron chi connectivity index (χ2n) is 2.94. The van der Waals surface area contributed by atoms with Crippen molar-refractivity contribution in [3.63, 3.8) is 0 Å². The molecule has 0 bridgehead atoms. The number of H-pyrrole nitrogens is 1. The number of nitrogens with zero attached hydrogens (tertiary/aromatic N) is 3. The van der Waals surface area contributed by atoms with Gasteiger partial charge in [0.1, 0.15) is 11.8 Å². The van der Waals surface area contributed by atoms with Gasteiger partial charge in [-0.15, -0.1) is 0 Å². The normalized spacial score (nSPS) is 11.0. The number of nitrogens with one attached hydrogen (secondary N) is 2. The van der Waals surface area contributed by atoms with Gasteiger partial charge in [0.15, 0.2) is 11.5 Å². The highest BCUT2D eigenvalue weighted by Gasteiger charge is 2.03. The van der Waals surface area contributed by atoms with Crippen LogP contribution in [0.25, 0.3) is 11.2 Å². The fraction of sp³-hybridized carbons (Fsp3) is 0.111. The Morgan fingerprint density at radius 3 is 3.19 bits per heavy atom. The Hall–Kier alpha value is -2.44. The average molecular weight is 219 g/mol. The highest BCUT2D eigenvalue weighted by molar-refractivity contribution is 5.82. The van der Waals surface area contributed by atoms with Crippen LogP contribution in [0.15, 0.2) is 24.8 Å². The van der Waals surface area contributed by atoms with E-state index in [-0.39, 0.29) is 0 Å². The minimum atomic E-state index is -0.976. The summed E-state index contributed by atoms with van der Waals surface area (Å²) >= 11 is 0. The molecule has 7 nitrogen and oxygen atoms in total. The molecule has 0 unspecified atom stereocenters. The predicted octanol–water partition coefficient (Wildman–Crippen LogP) is 0.406. The highest BCUT2D eigenvalue weighted by atomic mass is 16.4. The molecule has 0 aliphatic heterocycles. The van der Waals surface area contributed by atoms with E-state index in [1.165, 1.54) is 18.7 Å². The number of imidazole rings is 1. The van der Waals surface area contributed by atoms with Crippen molar-refractivity contribution < 1.29 is 9.90 Å². The molecule has 82 valence electrons. The second-order valence-corrected chi connectivity index (χ2v) is 2.94. The van der Waals surface area contributed by atoms with Crippen LogP contribution in [0, 0.1) is 0 Å². The average Bonchev–Trinajstić information content (AvgIpc) is 2.72. The Balaban J connectivity index is 2.09. The molecule has 2 aromatic heterocycles. The number of carboxylic acids is 1. The quantitative estimate of drug-likeness (QED) is 0.643. The third-order valence-electron chi connectivity index (χ3n) is 1.87. The van der Waals surface area contributed by atoms with Crippen LogP contribution in [0.1, 0.15) is 0 Å². The van der Waals surface area contributed by atoms with E-state index in [4.69, 9.17) is 5.11 Å². The molecule has 0 aromatic carbocycles. The van der Waals surface area contributed by atoms with E-state index in [9.17, 15) is 4.79 Å². The number of anilines is 1. The Labute approximate surface area is 90.3 Å². The van der Waals surface area contributed by atoms with Crippen LogP contribution in [0.4, 0.5) is 5.82 Å². The smallest absolute Gasteiger partial charge is 0.328 e. The zero-order chi connectivity index (χ0) is 11.4.